The van der Waals surface area contributed by atoms with Gasteiger partial charge in [-0.15, -0.1) is 0 Å². The number of nitrogens with zero attached hydrogens (tertiary/aromatic N) is 3. The lowest BCUT2D eigenvalue weighted by molar-refractivity contribution is -0.144. The van der Waals surface area contributed by atoms with Crippen molar-refractivity contribution in [1.82, 2.24) is 19.0 Å². The van der Waals surface area contributed by atoms with Crippen LogP contribution in [-0.4, -0.2) is 36.8 Å². The van der Waals surface area contributed by atoms with Crippen molar-refractivity contribution >= 4 is 34.6 Å². The monoisotopic (exact) mass is 468 g/mol. The van der Waals surface area contributed by atoms with Crippen molar-refractivity contribution in [3.63, 3.8) is 0 Å². The fraction of sp³-hybridized carbons (Fsp3) is 0.136. The number of fused-ring (bicyclic) bond motifs is 1. The molecule has 1 amide bonds. The largest absolute Gasteiger partial charge is 0.479 e. The van der Waals surface area contributed by atoms with E-state index >= 15 is 0 Å². The number of amides is 1. The van der Waals surface area contributed by atoms with Crippen molar-refractivity contribution < 1.29 is 28.6 Å². The number of aromatic nitrogens is 3. The summed E-state index contributed by atoms with van der Waals surface area (Å²) in [4.78, 5) is 27.7. The molecule has 0 radical (unpaired) electrons. The van der Waals surface area contributed by atoms with Crippen molar-refractivity contribution in [3.8, 4) is 17.4 Å². The first-order chi connectivity index (χ1) is 15.9. The molecule has 2 N–H and O–H groups in total. The molecule has 2 aromatic heterocycles. The van der Waals surface area contributed by atoms with Crippen LogP contribution in [-0.2, 0) is 11.3 Å². The topological polar surface area (TPSA) is 124 Å². The maximum atomic E-state index is 14.4. The minimum absolute atomic E-state index is 0.0766. The maximum Gasteiger partial charge on any atom is 0.344 e. The molecular weight excluding hydrogens is 451 g/mol. The van der Waals surface area contributed by atoms with Gasteiger partial charge >= 0.3 is 5.97 Å². The average Bonchev–Trinajstić information content (AvgIpc) is 3.26. The van der Waals surface area contributed by atoms with Gasteiger partial charge in [-0.1, -0.05) is 6.07 Å². The standard InChI is InChI=1S/C22H17FN4O5S/c1-12(22(29)30)31-14-5-4-13(17(23)9-14)11-25-20(28)16-3-2-8-24-21(16)32-15-6-7-18-19(10-15)27-33-26-18/h2-10,12H,11H2,1H3,(H,25,28)(H,29,30). The molecule has 0 fully saturated rings. The summed E-state index contributed by atoms with van der Waals surface area (Å²) < 4.78 is 33.6. The summed E-state index contributed by atoms with van der Waals surface area (Å²) in [5.74, 6) is -1.70. The third-order valence-corrected chi connectivity index (χ3v) is 5.14. The number of nitrogens with one attached hydrogen (secondary N) is 1. The number of hydrogen-bond acceptors (Lipinski definition) is 8. The van der Waals surface area contributed by atoms with Gasteiger partial charge in [0, 0.05) is 30.4 Å². The van der Waals surface area contributed by atoms with Crippen LogP contribution in [0, 0.1) is 5.82 Å². The molecule has 0 aliphatic heterocycles. The van der Waals surface area contributed by atoms with Gasteiger partial charge in [-0.3, -0.25) is 4.79 Å². The average molecular weight is 468 g/mol. The third kappa shape index (κ3) is 5.21. The normalized spacial score (nSPS) is 11.7. The Morgan fingerprint density at radius 1 is 1.12 bits per heavy atom. The minimum Gasteiger partial charge on any atom is -0.479 e. The number of rotatable bonds is 8. The van der Waals surface area contributed by atoms with Crippen LogP contribution in [0.1, 0.15) is 22.8 Å². The Hall–Kier alpha value is -4.12. The van der Waals surface area contributed by atoms with Crippen LogP contribution in [0.2, 0.25) is 0 Å². The Labute approximate surface area is 191 Å². The SMILES string of the molecule is CC(Oc1ccc(CNC(=O)c2cccnc2Oc2ccc3nsnc3c2)c(F)c1)C(=O)O. The summed E-state index contributed by atoms with van der Waals surface area (Å²) in [5, 5.41) is 11.5. The molecular formula is C22H17FN4O5S. The summed E-state index contributed by atoms with van der Waals surface area (Å²) in [7, 11) is 0. The summed E-state index contributed by atoms with van der Waals surface area (Å²) >= 11 is 1.09. The van der Waals surface area contributed by atoms with Crippen molar-refractivity contribution in [2.24, 2.45) is 0 Å². The van der Waals surface area contributed by atoms with Crippen LogP contribution in [0.4, 0.5) is 4.39 Å². The highest BCUT2D eigenvalue weighted by molar-refractivity contribution is 7.00. The molecule has 9 nitrogen and oxygen atoms in total. The molecule has 0 saturated heterocycles. The van der Waals surface area contributed by atoms with Crippen LogP contribution < -0.4 is 14.8 Å². The number of pyridine rings is 1. The van der Waals surface area contributed by atoms with E-state index in [1.807, 2.05) is 0 Å². The van der Waals surface area contributed by atoms with Crippen molar-refractivity contribution in [1.29, 1.82) is 0 Å². The van der Waals surface area contributed by atoms with E-state index in [1.54, 1.807) is 30.3 Å². The maximum absolute atomic E-state index is 14.4. The molecule has 4 aromatic rings. The second kappa shape index (κ2) is 9.57. The molecule has 168 valence electrons. The number of carbonyl (C=O) groups excluding carboxylic acids is 1. The molecule has 2 heterocycles. The molecule has 33 heavy (non-hydrogen) atoms. The predicted octanol–water partition coefficient (Wildman–Crippen LogP) is 3.80. The highest BCUT2D eigenvalue weighted by Gasteiger charge is 2.17. The van der Waals surface area contributed by atoms with Crippen LogP contribution in [0.5, 0.6) is 17.4 Å². The molecule has 0 aliphatic rings. The number of carboxylic acid groups (broad SMARTS) is 1. The van der Waals surface area contributed by atoms with E-state index < -0.39 is 23.8 Å². The number of hydrogen-bond donors (Lipinski definition) is 2. The Balaban J connectivity index is 1.44. The first kappa shape index (κ1) is 22.1. The lowest BCUT2D eigenvalue weighted by Crippen LogP contribution is -2.24. The van der Waals surface area contributed by atoms with Crippen LogP contribution in [0.15, 0.2) is 54.7 Å². The van der Waals surface area contributed by atoms with E-state index in [-0.39, 0.29) is 29.3 Å². The summed E-state index contributed by atoms with van der Waals surface area (Å²) in [5.41, 5.74) is 1.78. The van der Waals surface area contributed by atoms with Crippen LogP contribution in [0.25, 0.3) is 11.0 Å². The van der Waals surface area contributed by atoms with Crippen molar-refractivity contribution in [2.75, 3.05) is 0 Å². The van der Waals surface area contributed by atoms with E-state index in [4.69, 9.17) is 14.6 Å². The zero-order chi connectivity index (χ0) is 23.4. The van der Waals surface area contributed by atoms with Gasteiger partial charge in [0.1, 0.15) is 33.9 Å². The third-order valence-electron chi connectivity index (χ3n) is 4.58. The van der Waals surface area contributed by atoms with Crippen molar-refractivity contribution in [2.45, 2.75) is 19.6 Å². The molecule has 4 rings (SSSR count). The fourth-order valence-corrected chi connectivity index (χ4v) is 3.37. The predicted molar refractivity (Wildman–Crippen MR) is 117 cm³/mol. The molecule has 1 atom stereocenters. The first-order valence-electron chi connectivity index (χ1n) is 9.72. The minimum atomic E-state index is -1.16. The Morgan fingerprint density at radius 3 is 2.70 bits per heavy atom. The van der Waals surface area contributed by atoms with Gasteiger partial charge < -0.3 is 19.9 Å². The number of halogens is 1. The van der Waals surface area contributed by atoms with Crippen LogP contribution >= 0.6 is 11.7 Å². The van der Waals surface area contributed by atoms with E-state index in [2.05, 4.69) is 19.0 Å². The summed E-state index contributed by atoms with van der Waals surface area (Å²) in [6, 6.07) is 12.2. The molecule has 0 saturated carbocycles. The molecule has 0 bridgehead atoms. The quantitative estimate of drug-likeness (QED) is 0.400. The number of aliphatic carboxylic acids is 1. The molecule has 11 heteroatoms. The molecule has 0 aliphatic carbocycles. The Bertz CT molecular complexity index is 1330. The highest BCUT2D eigenvalue weighted by Crippen LogP contribution is 2.26. The first-order valence-corrected chi connectivity index (χ1v) is 10.4. The number of carboxylic acids is 1. The van der Waals surface area contributed by atoms with Gasteiger partial charge in [0.15, 0.2) is 6.10 Å². The van der Waals surface area contributed by atoms with Crippen molar-refractivity contribution in [3.05, 3.63) is 71.7 Å². The van der Waals surface area contributed by atoms with Gasteiger partial charge in [-0.25, -0.2) is 14.2 Å². The Kier molecular flexibility index (Phi) is 6.41. The zero-order valence-electron chi connectivity index (χ0n) is 17.2. The molecule has 2 aromatic carbocycles. The lowest BCUT2D eigenvalue weighted by Gasteiger charge is -2.13. The molecule has 1 unspecified atom stereocenters. The summed E-state index contributed by atoms with van der Waals surface area (Å²) in [6.45, 7) is 1.23. The number of benzene rings is 2. The van der Waals surface area contributed by atoms with Crippen LogP contribution in [0.3, 0.4) is 0 Å². The van der Waals surface area contributed by atoms with Gasteiger partial charge in [0.2, 0.25) is 5.88 Å². The smallest absolute Gasteiger partial charge is 0.344 e. The van der Waals surface area contributed by atoms with Gasteiger partial charge in [0.05, 0.1) is 11.7 Å². The second-order valence-corrected chi connectivity index (χ2v) is 7.44. The summed E-state index contributed by atoms with van der Waals surface area (Å²) in [6.07, 6.45) is 0.373. The number of ether oxygens (including phenoxy) is 2. The van der Waals surface area contributed by atoms with Gasteiger partial charge in [-0.05, 0) is 37.3 Å². The second-order valence-electron chi connectivity index (χ2n) is 6.91. The van der Waals surface area contributed by atoms with Gasteiger partial charge in [0.25, 0.3) is 5.91 Å². The van der Waals surface area contributed by atoms with E-state index in [0.717, 1.165) is 23.3 Å². The van der Waals surface area contributed by atoms with E-state index in [0.29, 0.717) is 11.3 Å². The van der Waals surface area contributed by atoms with E-state index in [9.17, 15) is 14.0 Å². The molecule has 0 spiro atoms. The highest BCUT2D eigenvalue weighted by atomic mass is 32.1. The number of carbonyl (C=O) groups is 2. The van der Waals surface area contributed by atoms with E-state index in [1.165, 1.54) is 25.3 Å². The Morgan fingerprint density at radius 2 is 1.91 bits per heavy atom. The fourth-order valence-electron chi connectivity index (χ4n) is 2.85. The zero-order valence-corrected chi connectivity index (χ0v) is 18.0. The van der Waals surface area contributed by atoms with Gasteiger partial charge in [-0.2, -0.15) is 8.75 Å². The lowest BCUT2D eigenvalue weighted by atomic mass is 10.2.